The molecular weight excluding hydrogens is 267 g/mol. The van der Waals surface area contributed by atoms with Crippen molar-refractivity contribution in [2.24, 2.45) is 0 Å². The molecule has 78 valence electrons. The molecule has 0 bridgehead atoms. The normalized spacial score (nSPS) is 8.86. The fourth-order valence-corrected chi connectivity index (χ4v) is 1.42. The third-order valence-electron chi connectivity index (χ3n) is 1.35. The molecule has 0 saturated carbocycles. The zero-order valence-corrected chi connectivity index (χ0v) is 10.4. The summed E-state index contributed by atoms with van der Waals surface area (Å²) in [5.41, 5.74) is 0.690. The lowest BCUT2D eigenvalue weighted by atomic mass is 10.1. The van der Waals surface area contributed by atoms with Crippen LogP contribution in [0.2, 0.25) is 5.02 Å². The van der Waals surface area contributed by atoms with Crippen molar-refractivity contribution in [1.82, 2.24) is 0 Å². The maximum atomic E-state index is 10.4. The van der Waals surface area contributed by atoms with Crippen LogP contribution in [0.25, 0.3) is 0 Å². The molecule has 0 saturated heterocycles. The van der Waals surface area contributed by atoms with Gasteiger partial charge in [0, 0.05) is 9.50 Å². The first-order valence-electron chi connectivity index (χ1n) is 4.25. The predicted octanol–water partition coefficient (Wildman–Crippen LogP) is 3.76. The Morgan fingerprint density at radius 2 is 2.07 bits per heavy atom. The second-order valence-electron chi connectivity index (χ2n) is 2.31. The number of carbonyl (C=O) groups is 1. The summed E-state index contributed by atoms with van der Waals surface area (Å²) in [4.78, 5) is 10.4. The van der Waals surface area contributed by atoms with Gasteiger partial charge in [-0.3, -0.25) is 4.79 Å². The Hall–Kier alpha value is -0.540. The number of halogens is 2. The summed E-state index contributed by atoms with van der Waals surface area (Å²) < 4.78 is 0.773. The predicted molar refractivity (Wildman–Crippen MR) is 61.8 cm³/mol. The molecule has 0 aliphatic carbocycles. The van der Waals surface area contributed by atoms with Crippen LogP contribution >= 0.6 is 27.5 Å². The molecule has 0 spiro atoms. The third kappa shape index (κ3) is 4.63. The summed E-state index contributed by atoms with van der Waals surface area (Å²) in [6, 6.07) is 5.08. The summed E-state index contributed by atoms with van der Waals surface area (Å²) in [5.74, 6) is -0.863. The zero-order valence-electron chi connectivity index (χ0n) is 8.05. The highest BCUT2D eigenvalue weighted by molar-refractivity contribution is 9.10. The highest BCUT2D eigenvalue weighted by Crippen LogP contribution is 2.21. The van der Waals surface area contributed by atoms with Gasteiger partial charge < -0.3 is 5.11 Å². The molecule has 1 rings (SSSR count). The van der Waals surface area contributed by atoms with Crippen molar-refractivity contribution in [3.63, 3.8) is 0 Å². The molecule has 0 aliphatic heterocycles. The number of carboxylic acids is 1. The fraction of sp³-hybridized carbons (Fsp3) is 0.300. The molecule has 4 heteroatoms. The smallest absolute Gasteiger partial charge is 0.307 e. The molecule has 2 nitrogen and oxygen atoms in total. The lowest BCUT2D eigenvalue weighted by Crippen LogP contribution is -2.00. The molecule has 1 N–H and O–H groups in total. The summed E-state index contributed by atoms with van der Waals surface area (Å²) in [5, 5.41) is 9.07. The maximum absolute atomic E-state index is 10.4. The molecule has 0 fully saturated rings. The van der Waals surface area contributed by atoms with Crippen LogP contribution in [0, 0.1) is 0 Å². The largest absolute Gasteiger partial charge is 0.481 e. The maximum Gasteiger partial charge on any atom is 0.307 e. The molecule has 0 radical (unpaired) electrons. The molecule has 1 aromatic rings. The second kappa shape index (κ2) is 6.85. The van der Waals surface area contributed by atoms with Gasteiger partial charge in [-0.25, -0.2) is 0 Å². The van der Waals surface area contributed by atoms with Crippen molar-refractivity contribution in [3.8, 4) is 0 Å². The Morgan fingerprint density at radius 1 is 1.50 bits per heavy atom. The lowest BCUT2D eigenvalue weighted by molar-refractivity contribution is -0.136. The minimum absolute atomic E-state index is 0.0128. The number of carboxylic acid groups (broad SMARTS) is 1. The number of benzene rings is 1. The summed E-state index contributed by atoms with van der Waals surface area (Å²) >= 11 is 8.92. The lowest BCUT2D eigenvalue weighted by Gasteiger charge is -2.00. The van der Waals surface area contributed by atoms with Crippen molar-refractivity contribution in [3.05, 3.63) is 33.3 Å². The summed E-state index contributed by atoms with van der Waals surface area (Å²) in [6.45, 7) is 4.00. The van der Waals surface area contributed by atoms with Gasteiger partial charge in [-0.2, -0.15) is 0 Å². The first kappa shape index (κ1) is 13.5. The number of aliphatic carboxylic acids is 1. The van der Waals surface area contributed by atoms with Crippen molar-refractivity contribution >= 4 is 33.5 Å². The first-order chi connectivity index (χ1) is 6.59. The Kier molecular flexibility index (Phi) is 6.58. The Balaban J connectivity index is 0.000000791. The number of hydrogen-bond donors (Lipinski definition) is 1. The highest BCUT2D eigenvalue weighted by atomic mass is 79.9. The van der Waals surface area contributed by atoms with E-state index < -0.39 is 5.97 Å². The van der Waals surface area contributed by atoms with Crippen molar-refractivity contribution < 1.29 is 9.90 Å². The minimum atomic E-state index is -0.863. The van der Waals surface area contributed by atoms with Crippen LogP contribution in [-0.4, -0.2) is 11.1 Å². The van der Waals surface area contributed by atoms with Crippen LogP contribution in [0.5, 0.6) is 0 Å². The van der Waals surface area contributed by atoms with Gasteiger partial charge in [0.2, 0.25) is 0 Å². The summed E-state index contributed by atoms with van der Waals surface area (Å²) in [6.07, 6.45) is -0.0128. The number of hydrogen-bond acceptors (Lipinski definition) is 1. The first-order valence-corrected chi connectivity index (χ1v) is 5.42. The number of rotatable bonds is 2. The van der Waals surface area contributed by atoms with E-state index in [2.05, 4.69) is 15.9 Å². The second-order valence-corrected chi connectivity index (χ2v) is 3.60. The highest BCUT2D eigenvalue weighted by Gasteiger charge is 2.04. The quantitative estimate of drug-likeness (QED) is 0.895. The molecule has 1 aromatic carbocycles. The van der Waals surface area contributed by atoms with Gasteiger partial charge in [-0.1, -0.05) is 41.4 Å². The van der Waals surface area contributed by atoms with E-state index in [0.717, 1.165) is 4.47 Å². The van der Waals surface area contributed by atoms with E-state index in [4.69, 9.17) is 16.7 Å². The van der Waals surface area contributed by atoms with Gasteiger partial charge in [0.1, 0.15) is 0 Å². The van der Waals surface area contributed by atoms with Crippen LogP contribution in [0.3, 0.4) is 0 Å². The van der Waals surface area contributed by atoms with E-state index in [0.29, 0.717) is 10.6 Å². The standard InChI is InChI=1S/C8H6BrClO2.C2H6/c9-7-2-1-6(10)3-5(7)4-8(11)12;1-2/h1-3H,4H2,(H,11,12);1-2H3. The van der Waals surface area contributed by atoms with E-state index in [-0.39, 0.29) is 6.42 Å². The monoisotopic (exact) mass is 278 g/mol. The molecule has 0 heterocycles. The van der Waals surface area contributed by atoms with Gasteiger partial charge in [-0.05, 0) is 23.8 Å². The van der Waals surface area contributed by atoms with Gasteiger partial charge >= 0.3 is 5.97 Å². The van der Waals surface area contributed by atoms with Crippen molar-refractivity contribution in [2.75, 3.05) is 0 Å². The topological polar surface area (TPSA) is 37.3 Å². The average Bonchev–Trinajstić information content (AvgIpc) is 2.14. The van der Waals surface area contributed by atoms with E-state index >= 15 is 0 Å². The van der Waals surface area contributed by atoms with Crippen LogP contribution in [-0.2, 0) is 11.2 Å². The average molecular weight is 280 g/mol. The van der Waals surface area contributed by atoms with Crippen molar-refractivity contribution in [2.45, 2.75) is 20.3 Å². The summed E-state index contributed by atoms with van der Waals surface area (Å²) in [7, 11) is 0. The SMILES string of the molecule is CC.O=C(O)Cc1cc(Cl)ccc1Br. The van der Waals surface area contributed by atoms with Crippen LogP contribution in [0.15, 0.2) is 22.7 Å². The molecule has 0 aliphatic rings. The fourth-order valence-electron chi connectivity index (χ4n) is 0.842. The molecular formula is C10H12BrClO2. The Labute approximate surface area is 97.0 Å². The molecule has 0 aromatic heterocycles. The molecule has 0 unspecified atom stereocenters. The van der Waals surface area contributed by atoms with Crippen LogP contribution < -0.4 is 0 Å². The van der Waals surface area contributed by atoms with Crippen LogP contribution in [0.4, 0.5) is 0 Å². The van der Waals surface area contributed by atoms with Crippen molar-refractivity contribution in [1.29, 1.82) is 0 Å². The van der Waals surface area contributed by atoms with E-state index in [1.165, 1.54) is 0 Å². The van der Waals surface area contributed by atoms with Gasteiger partial charge in [0.15, 0.2) is 0 Å². The van der Waals surface area contributed by atoms with Gasteiger partial charge in [0.05, 0.1) is 6.42 Å². The van der Waals surface area contributed by atoms with E-state index in [1.807, 2.05) is 13.8 Å². The van der Waals surface area contributed by atoms with Crippen LogP contribution in [0.1, 0.15) is 19.4 Å². The molecule has 0 atom stereocenters. The van der Waals surface area contributed by atoms with Gasteiger partial charge in [0.25, 0.3) is 0 Å². The minimum Gasteiger partial charge on any atom is -0.481 e. The molecule has 0 amide bonds. The van der Waals surface area contributed by atoms with Gasteiger partial charge in [-0.15, -0.1) is 0 Å². The Morgan fingerprint density at radius 3 is 2.57 bits per heavy atom. The van der Waals surface area contributed by atoms with E-state index in [1.54, 1.807) is 18.2 Å². The Bertz CT molecular complexity index is 313. The van der Waals surface area contributed by atoms with E-state index in [9.17, 15) is 4.79 Å². The zero-order chi connectivity index (χ0) is 11.1. The third-order valence-corrected chi connectivity index (χ3v) is 2.36. The molecule has 14 heavy (non-hydrogen) atoms.